The molecule has 0 saturated heterocycles. The van der Waals surface area contributed by atoms with E-state index >= 15 is 0 Å². The van der Waals surface area contributed by atoms with Gasteiger partial charge < -0.3 is 24.4 Å². The van der Waals surface area contributed by atoms with Crippen LogP contribution in [0.4, 0.5) is 0 Å². The molecule has 30 heavy (non-hydrogen) atoms. The number of quaternary nitrogens is 1. The third-order valence-corrected chi connectivity index (χ3v) is 5.87. The Labute approximate surface area is 179 Å². The number of rotatable bonds is 9. The Morgan fingerprint density at radius 2 is 1.83 bits per heavy atom. The van der Waals surface area contributed by atoms with Crippen molar-refractivity contribution in [2.75, 3.05) is 34.5 Å². The molecule has 6 nitrogen and oxygen atoms in total. The van der Waals surface area contributed by atoms with Crippen LogP contribution in [0, 0.1) is 0 Å². The lowest BCUT2D eigenvalue weighted by Gasteiger charge is -2.39. The molecule has 1 amide bonds. The molecule has 2 aromatic carbocycles. The standard InChI is InChI=1S/C24H32N2O4/c1-5-20(25-23(27)16-28-2)24-19-14-22(30-4)21(29-3)13-18(19)11-12-26(24)15-17-9-7-6-8-10-17/h6-10,13-14,20,24H,5,11-12,15-16H2,1-4H3,(H,25,27)/p+1/t20-,24+/m0/s1. The van der Waals surface area contributed by atoms with Crippen molar-refractivity contribution in [1.29, 1.82) is 0 Å². The second kappa shape index (κ2) is 10.5. The summed E-state index contributed by atoms with van der Waals surface area (Å²) in [5.41, 5.74) is 3.77. The highest BCUT2D eigenvalue weighted by atomic mass is 16.5. The van der Waals surface area contributed by atoms with Gasteiger partial charge in [-0.05, 0) is 24.1 Å². The van der Waals surface area contributed by atoms with Crippen LogP contribution in [0.3, 0.4) is 0 Å². The van der Waals surface area contributed by atoms with Gasteiger partial charge >= 0.3 is 0 Å². The van der Waals surface area contributed by atoms with E-state index in [0.29, 0.717) is 0 Å². The van der Waals surface area contributed by atoms with Crippen LogP contribution < -0.4 is 19.7 Å². The first-order chi connectivity index (χ1) is 14.6. The van der Waals surface area contributed by atoms with Crippen LogP contribution in [-0.4, -0.2) is 46.4 Å². The molecule has 1 aliphatic heterocycles. The van der Waals surface area contributed by atoms with Gasteiger partial charge in [-0.25, -0.2) is 0 Å². The molecule has 1 aliphatic rings. The van der Waals surface area contributed by atoms with E-state index in [1.165, 1.54) is 21.6 Å². The summed E-state index contributed by atoms with van der Waals surface area (Å²) in [6, 6.07) is 14.8. The van der Waals surface area contributed by atoms with Gasteiger partial charge in [-0.2, -0.15) is 0 Å². The fourth-order valence-corrected chi connectivity index (χ4v) is 4.47. The van der Waals surface area contributed by atoms with Crippen LogP contribution in [-0.2, 0) is 22.5 Å². The van der Waals surface area contributed by atoms with Gasteiger partial charge in [0.05, 0.1) is 26.8 Å². The highest BCUT2D eigenvalue weighted by Crippen LogP contribution is 2.35. The molecule has 0 aliphatic carbocycles. The summed E-state index contributed by atoms with van der Waals surface area (Å²) < 4.78 is 16.2. The SMILES string of the molecule is CC[C@H](NC(=O)COC)[C@H]1c2cc(OC)c(OC)cc2CC[NH+]1Cc1ccccc1. The Bertz CT molecular complexity index is 841. The minimum atomic E-state index is -0.0870. The maximum atomic E-state index is 12.4. The number of ether oxygens (including phenoxy) is 3. The number of benzene rings is 2. The van der Waals surface area contributed by atoms with Gasteiger partial charge in [-0.3, -0.25) is 4.79 Å². The Morgan fingerprint density at radius 1 is 1.13 bits per heavy atom. The van der Waals surface area contributed by atoms with Gasteiger partial charge in [0.15, 0.2) is 11.5 Å². The summed E-state index contributed by atoms with van der Waals surface area (Å²) in [7, 11) is 4.87. The van der Waals surface area contributed by atoms with Gasteiger partial charge in [0.2, 0.25) is 5.91 Å². The average Bonchev–Trinajstić information content (AvgIpc) is 2.77. The quantitative estimate of drug-likeness (QED) is 0.660. The van der Waals surface area contributed by atoms with Crippen LogP contribution >= 0.6 is 0 Å². The Kier molecular flexibility index (Phi) is 7.71. The molecule has 1 unspecified atom stereocenters. The van der Waals surface area contributed by atoms with Crippen LogP contribution in [0.15, 0.2) is 42.5 Å². The molecule has 0 saturated carbocycles. The van der Waals surface area contributed by atoms with Crippen molar-refractivity contribution >= 4 is 5.91 Å². The van der Waals surface area contributed by atoms with E-state index in [0.717, 1.165) is 37.4 Å². The first-order valence-electron chi connectivity index (χ1n) is 10.5. The van der Waals surface area contributed by atoms with Crippen molar-refractivity contribution < 1.29 is 23.9 Å². The molecule has 0 spiro atoms. The van der Waals surface area contributed by atoms with Crippen molar-refractivity contribution in [3.63, 3.8) is 0 Å². The molecular weight excluding hydrogens is 380 g/mol. The lowest BCUT2D eigenvalue weighted by molar-refractivity contribution is -0.948. The molecule has 0 fully saturated rings. The zero-order chi connectivity index (χ0) is 21.5. The molecule has 0 bridgehead atoms. The van der Waals surface area contributed by atoms with Crippen LogP contribution in [0.1, 0.15) is 36.1 Å². The summed E-state index contributed by atoms with van der Waals surface area (Å²) in [5.74, 6) is 1.38. The summed E-state index contributed by atoms with van der Waals surface area (Å²) >= 11 is 0. The zero-order valence-corrected chi connectivity index (χ0v) is 18.4. The Hall–Kier alpha value is -2.57. The number of nitrogens with one attached hydrogen (secondary N) is 2. The van der Waals surface area contributed by atoms with Crippen molar-refractivity contribution in [3.05, 3.63) is 59.2 Å². The fourth-order valence-electron chi connectivity index (χ4n) is 4.47. The molecule has 162 valence electrons. The number of carbonyl (C=O) groups is 1. The molecule has 2 N–H and O–H groups in total. The molecule has 0 aromatic heterocycles. The summed E-state index contributed by atoms with van der Waals surface area (Å²) in [6.07, 6.45) is 1.78. The van der Waals surface area contributed by atoms with E-state index in [1.54, 1.807) is 21.3 Å². The molecule has 2 aromatic rings. The Balaban J connectivity index is 2.00. The first kappa shape index (κ1) is 22.1. The highest BCUT2D eigenvalue weighted by molar-refractivity contribution is 5.77. The van der Waals surface area contributed by atoms with Crippen molar-refractivity contribution in [2.45, 2.75) is 38.4 Å². The number of fused-ring (bicyclic) bond motifs is 1. The smallest absolute Gasteiger partial charge is 0.246 e. The first-order valence-corrected chi connectivity index (χ1v) is 10.5. The van der Waals surface area contributed by atoms with Crippen molar-refractivity contribution in [1.82, 2.24) is 5.32 Å². The van der Waals surface area contributed by atoms with Crippen molar-refractivity contribution in [2.24, 2.45) is 0 Å². The number of amides is 1. The second-order valence-electron chi connectivity index (χ2n) is 7.72. The number of hydrogen-bond acceptors (Lipinski definition) is 4. The maximum Gasteiger partial charge on any atom is 0.246 e. The van der Waals surface area contributed by atoms with E-state index in [9.17, 15) is 4.79 Å². The normalized spacial score (nSPS) is 18.9. The molecule has 3 rings (SSSR count). The minimum absolute atomic E-state index is 0.0106. The van der Waals surface area contributed by atoms with E-state index < -0.39 is 0 Å². The molecular formula is C24H33N2O4+. The lowest BCUT2D eigenvalue weighted by atomic mass is 9.86. The second-order valence-corrected chi connectivity index (χ2v) is 7.72. The summed E-state index contributed by atoms with van der Waals surface area (Å²) in [4.78, 5) is 13.8. The van der Waals surface area contributed by atoms with E-state index in [-0.39, 0.29) is 24.6 Å². The minimum Gasteiger partial charge on any atom is -0.493 e. The largest absolute Gasteiger partial charge is 0.493 e. The monoisotopic (exact) mass is 413 g/mol. The number of carbonyl (C=O) groups excluding carboxylic acids is 1. The predicted octanol–water partition coefficient (Wildman–Crippen LogP) is 1.93. The van der Waals surface area contributed by atoms with Gasteiger partial charge in [0, 0.05) is 24.7 Å². The van der Waals surface area contributed by atoms with E-state index in [2.05, 4.69) is 48.6 Å². The van der Waals surface area contributed by atoms with Gasteiger partial charge in [0.1, 0.15) is 19.2 Å². The lowest BCUT2D eigenvalue weighted by Crippen LogP contribution is -3.13. The predicted molar refractivity (Wildman–Crippen MR) is 116 cm³/mol. The van der Waals surface area contributed by atoms with E-state index in [4.69, 9.17) is 14.2 Å². The zero-order valence-electron chi connectivity index (χ0n) is 18.4. The molecule has 1 heterocycles. The number of hydrogen-bond donors (Lipinski definition) is 2. The molecule has 6 heteroatoms. The van der Waals surface area contributed by atoms with E-state index in [1.807, 2.05) is 6.07 Å². The van der Waals surface area contributed by atoms with Crippen LogP contribution in [0.2, 0.25) is 0 Å². The summed E-state index contributed by atoms with van der Waals surface area (Å²) in [5, 5.41) is 3.20. The summed E-state index contributed by atoms with van der Waals surface area (Å²) in [6.45, 7) is 4.07. The fraction of sp³-hybridized carbons (Fsp3) is 0.458. The topological polar surface area (TPSA) is 61.2 Å². The average molecular weight is 414 g/mol. The van der Waals surface area contributed by atoms with Gasteiger partial charge in [-0.1, -0.05) is 37.3 Å². The van der Waals surface area contributed by atoms with Crippen LogP contribution in [0.5, 0.6) is 11.5 Å². The van der Waals surface area contributed by atoms with Crippen LogP contribution in [0.25, 0.3) is 0 Å². The molecule has 3 atom stereocenters. The maximum absolute atomic E-state index is 12.4. The van der Waals surface area contributed by atoms with Gasteiger partial charge in [0.25, 0.3) is 0 Å². The van der Waals surface area contributed by atoms with Crippen molar-refractivity contribution in [3.8, 4) is 11.5 Å². The Morgan fingerprint density at radius 3 is 2.47 bits per heavy atom. The molecule has 0 radical (unpaired) electrons. The number of methoxy groups -OCH3 is 3. The third kappa shape index (κ3) is 4.94. The third-order valence-electron chi connectivity index (χ3n) is 5.87. The highest BCUT2D eigenvalue weighted by Gasteiger charge is 2.38. The van der Waals surface area contributed by atoms with Gasteiger partial charge in [-0.15, -0.1) is 0 Å².